The summed E-state index contributed by atoms with van der Waals surface area (Å²) in [5, 5.41) is 0. The lowest BCUT2D eigenvalue weighted by Gasteiger charge is -2.29. The molecule has 3 nitrogen and oxygen atoms in total. The average molecular weight is 129 g/mol. The van der Waals surface area contributed by atoms with Crippen LogP contribution in [0.2, 0.25) is 0 Å². The van der Waals surface area contributed by atoms with Crippen LogP contribution in [0, 0.1) is 0 Å². The van der Waals surface area contributed by atoms with Gasteiger partial charge in [-0.1, -0.05) is 0 Å². The number of rotatable bonds is 4. The lowest BCUT2D eigenvalue weighted by molar-refractivity contribution is -0.129. The molecule has 0 aliphatic carbocycles. The largest absolute Gasteiger partial charge is 0.467 e. The molecule has 1 aliphatic heterocycles. The Bertz CT molecular complexity index is 91.1. The van der Waals surface area contributed by atoms with Crippen molar-refractivity contribution in [1.82, 2.24) is 4.90 Å². The van der Waals surface area contributed by atoms with Crippen LogP contribution in [-0.2, 0) is 9.53 Å². The van der Waals surface area contributed by atoms with Crippen LogP contribution in [0.1, 0.15) is 6.42 Å². The molecule has 0 N–H and O–H groups in total. The molecular weight excluding hydrogens is 118 g/mol. The van der Waals surface area contributed by atoms with Crippen molar-refractivity contribution in [3.05, 3.63) is 0 Å². The Labute approximate surface area is 54.6 Å². The highest BCUT2D eigenvalue weighted by Crippen LogP contribution is 2.03. The first-order chi connectivity index (χ1) is 4.43. The van der Waals surface area contributed by atoms with Gasteiger partial charge in [0.25, 0.3) is 6.47 Å². The Kier molecular flexibility index (Phi) is 2.51. The minimum atomic E-state index is 0.500. The van der Waals surface area contributed by atoms with E-state index in [9.17, 15) is 4.79 Å². The molecule has 1 heterocycles. The van der Waals surface area contributed by atoms with E-state index in [0.29, 0.717) is 13.1 Å². The second kappa shape index (κ2) is 3.45. The molecular formula is C6H11NO2. The fraction of sp³-hybridized carbons (Fsp3) is 0.833. The number of hydrogen-bond donors (Lipinski definition) is 0. The summed E-state index contributed by atoms with van der Waals surface area (Å²) in [4.78, 5) is 11.9. The molecule has 0 aromatic rings. The third-order valence-corrected chi connectivity index (χ3v) is 1.54. The zero-order valence-corrected chi connectivity index (χ0v) is 5.38. The molecule has 0 aromatic carbocycles. The van der Waals surface area contributed by atoms with Crippen molar-refractivity contribution in [3.8, 4) is 0 Å². The summed E-state index contributed by atoms with van der Waals surface area (Å²) >= 11 is 0. The van der Waals surface area contributed by atoms with Gasteiger partial charge in [-0.2, -0.15) is 0 Å². The fourth-order valence-corrected chi connectivity index (χ4v) is 0.835. The van der Waals surface area contributed by atoms with E-state index in [1.807, 2.05) is 0 Å². The second-order valence-electron chi connectivity index (χ2n) is 2.16. The summed E-state index contributed by atoms with van der Waals surface area (Å²) in [6, 6.07) is 0. The topological polar surface area (TPSA) is 29.5 Å². The van der Waals surface area contributed by atoms with Crippen LogP contribution in [0.4, 0.5) is 0 Å². The Morgan fingerprint density at radius 3 is 2.78 bits per heavy atom. The van der Waals surface area contributed by atoms with E-state index in [-0.39, 0.29) is 0 Å². The smallest absolute Gasteiger partial charge is 0.293 e. The van der Waals surface area contributed by atoms with Crippen LogP contribution < -0.4 is 0 Å². The number of carbonyl (C=O) groups is 1. The lowest BCUT2D eigenvalue weighted by atomic mass is 10.2. The van der Waals surface area contributed by atoms with E-state index in [1.165, 1.54) is 19.5 Å². The molecule has 0 radical (unpaired) electrons. The number of ether oxygens (including phenoxy) is 1. The summed E-state index contributed by atoms with van der Waals surface area (Å²) < 4.78 is 4.52. The molecule has 0 atom stereocenters. The predicted octanol–water partition coefficient (Wildman–Crippen LogP) is -0.135. The number of hydrogen-bond acceptors (Lipinski definition) is 3. The van der Waals surface area contributed by atoms with Crippen molar-refractivity contribution in [2.24, 2.45) is 0 Å². The molecule has 1 fully saturated rings. The van der Waals surface area contributed by atoms with E-state index in [4.69, 9.17) is 0 Å². The van der Waals surface area contributed by atoms with E-state index in [0.717, 1.165) is 6.54 Å². The molecule has 0 amide bonds. The standard InChI is InChI=1S/C6H11NO2/c8-6-9-5-4-7-2-1-3-7/h6H,1-5H2. The van der Waals surface area contributed by atoms with Gasteiger partial charge in [0, 0.05) is 6.54 Å². The minimum absolute atomic E-state index is 0.500. The first-order valence-corrected chi connectivity index (χ1v) is 3.21. The number of carbonyl (C=O) groups excluding carboxylic acids is 1. The van der Waals surface area contributed by atoms with Crippen molar-refractivity contribution in [3.63, 3.8) is 0 Å². The van der Waals surface area contributed by atoms with Gasteiger partial charge in [-0.05, 0) is 19.5 Å². The summed E-state index contributed by atoms with van der Waals surface area (Å²) in [5.74, 6) is 0. The van der Waals surface area contributed by atoms with Gasteiger partial charge in [0.1, 0.15) is 6.61 Å². The summed E-state index contributed by atoms with van der Waals surface area (Å²) in [6.07, 6.45) is 1.29. The van der Waals surface area contributed by atoms with Gasteiger partial charge < -0.3 is 4.74 Å². The van der Waals surface area contributed by atoms with E-state index in [1.54, 1.807) is 0 Å². The molecule has 1 rings (SSSR count). The van der Waals surface area contributed by atoms with Gasteiger partial charge in [-0.15, -0.1) is 0 Å². The van der Waals surface area contributed by atoms with Crippen LogP contribution in [0.25, 0.3) is 0 Å². The summed E-state index contributed by atoms with van der Waals surface area (Å²) in [6.45, 7) is 4.28. The lowest BCUT2D eigenvalue weighted by Crippen LogP contribution is -2.39. The molecule has 0 bridgehead atoms. The maximum absolute atomic E-state index is 9.65. The SMILES string of the molecule is O=COCCN1CCC1. The van der Waals surface area contributed by atoms with Crippen LogP contribution >= 0.6 is 0 Å². The predicted molar refractivity (Wildman–Crippen MR) is 33.1 cm³/mol. The van der Waals surface area contributed by atoms with Gasteiger partial charge in [-0.25, -0.2) is 0 Å². The first-order valence-electron chi connectivity index (χ1n) is 3.21. The molecule has 0 aromatic heterocycles. The van der Waals surface area contributed by atoms with Gasteiger partial charge in [0.05, 0.1) is 0 Å². The summed E-state index contributed by atoms with van der Waals surface area (Å²) in [7, 11) is 0. The van der Waals surface area contributed by atoms with Crippen LogP contribution in [0.3, 0.4) is 0 Å². The fourth-order valence-electron chi connectivity index (χ4n) is 0.835. The highest BCUT2D eigenvalue weighted by molar-refractivity contribution is 5.36. The molecule has 0 unspecified atom stereocenters. The van der Waals surface area contributed by atoms with Gasteiger partial charge in [-0.3, -0.25) is 9.69 Å². The van der Waals surface area contributed by atoms with E-state index < -0.39 is 0 Å². The molecule has 9 heavy (non-hydrogen) atoms. The zero-order chi connectivity index (χ0) is 6.53. The van der Waals surface area contributed by atoms with Crippen molar-refractivity contribution in [1.29, 1.82) is 0 Å². The van der Waals surface area contributed by atoms with Crippen molar-refractivity contribution < 1.29 is 9.53 Å². The highest BCUT2D eigenvalue weighted by Gasteiger charge is 2.11. The quantitative estimate of drug-likeness (QED) is 0.391. The third kappa shape index (κ3) is 2.01. The number of nitrogens with zero attached hydrogens (tertiary/aromatic N) is 1. The van der Waals surface area contributed by atoms with Gasteiger partial charge in [0.15, 0.2) is 0 Å². The average Bonchev–Trinajstić information content (AvgIpc) is 1.76. The van der Waals surface area contributed by atoms with Crippen LogP contribution in [-0.4, -0.2) is 37.6 Å². The van der Waals surface area contributed by atoms with E-state index >= 15 is 0 Å². The van der Waals surface area contributed by atoms with E-state index in [2.05, 4.69) is 9.64 Å². The Balaban J connectivity index is 1.85. The van der Waals surface area contributed by atoms with Crippen LogP contribution in [0.15, 0.2) is 0 Å². The Morgan fingerprint density at radius 2 is 2.33 bits per heavy atom. The van der Waals surface area contributed by atoms with Crippen molar-refractivity contribution >= 4 is 6.47 Å². The zero-order valence-electron chi connectivity index (χ0n) is 5.38. The maximum atomic E-state index is 9.65. The molecule has 1 aliphatic rings. The monoisotopic (exact) mass is 129 g/mol. The van der Waals surface area contributed by atoms with Gasteiger partial charge >= 0.3 is 0 Å². The molecule has 0 saturated carbocycles. The number of likely N-dealkylation sites (tertiary alicyclic amines) is 1. The molecule has 52 valence electrons. The molecule has 0 spiro atoms. The van der Waals surface area contributed by atoms with Crippen LogP contribution in [0.5, 0.6) is 0 Å². The highest BCUT2D eigenvalue weighted by atomic mass is 16.5. The van der Waals surface area contributed by atoms with Gasteiger partial charge in [0.2, 0.25) is 0 Å². The Hall–Kier alpha value is -0.570. The molecule has 3 heteroatoms. The van der Waals surface area contributed by atoms with Crippen molar-refractivity contribution in [2.45, 2.75) is 6.42 Å². The minimum Gasteiger partial charge on any atom is -0.467 e. The Morgan fingerprint density at radius 1 is 1.56 bits per heavy atom. The maximum Gasteiger partial charge on any atom is 0.293 e. The third-order valence-electron chi connectivity index (χ3n) is 1.54. The normalized spacial score (nSPS) is 18.7. The molecule has 1 saturated heterocycles. The van der Waals surface area contributed by atoms with Crippen molar-refractivity contribution in [2.75, 3.05) is 26.2 Å². The summed E-state index contributed by atoms with van der Waals surface area (Å²) in [5.41, 5.74) is 0. The first kappa shape index (κ1) is 6.55. The second-order valence-corrected chi connectivity index (χ2v) is 2.16.